The normalized spacial score (nSPS) is 12.9. The molecule has 0 amide bonds. The summed E-state index contributed by atoms with van der Waals surface area (Å²) in [5.41, 5.74) is 2.16. The highest BCUT2D eigenvalue weighted by Gasteiger charge is 2.16. The van der Waals surface area contributed by atoms with Crippen LogP contribution in [0.4, 0.5) is 0 Å². The van der Waals surface area contributed by atoms with Crippen molar-refractivity contribution in [1.29, 1.82) is 0 Å². The summed E-state index contributed by atoms with van der Waals surface area (Å²) in [6, 6.07) is 20.3. The Kier molecular flexibility index (Phi) is 5.38. The Morgan fingerprint density at radius 2 is 1.48 bits per heavy atom. The van der Waals surface area contributed by atoms with Gasteiger partial charge in [0.2, 0.25) is 0 Å². The SMILES string of the molecule is CC(C)(C)[SiH2]OC(C#Cc1ccccc1)c1ccccc1. The van der Waals surface area contributed by atoms with Gasteiger partial charge in [-0.25, -0.2) is 0 Å². The molecule has 0 aliphatic carbocycles. The Labute approximate surface area is 130 Å². The van der Waals surface area contributed by atoms with Crippen molar-refractivity contribution in [2.24, 2.45) is 0 Å². The van der Waals surface area contributed by atoms with Gasteiger partial charge in [-0.2, -0.15) is 0 Å². The molecule has 0 saturated carbocycles. The van der Waals surface area contributed by atoms with E-state index in [1.165, 1.54) is 0 Å². The van der Waals surface area contributed by atoms with Crippen LogP contribution in [0.1, 0.15) is 38.0 Å². The Balaban J connectivity index is 2.19. The minimum Gasteiger partial charge on any atom is -0.406 e. The van der Waals surface area contributed by atoms with Crippen molar-refractivity contribution in [2.45, 2.75) is 31.9 Å². The summed E-state index contributed by atoms with van der Waals surface area (Å²) in [6.07, 6.45) is -0.128. The van der Waals surface area contributed by atoms with E-state index in [1.807, 2.05) is 48.5 Å². The average molecular weight is 294 g/mol. The van der Waals surface area contributed by atoms with Gasteiger partial charge < -0.3 is 4.43 Å². The first-order valence-electron chi connectivity index (χ1n) is 7.28. The molecule has 0 aliphatic heterocycles. The largest absolute Gasteiger partial charge is 0.406 e. The molecule has 0 fully saturated rings. The van der Waals surface area contributed by atoms with E-state index in [0.29, 0.717) is 0 Å². The van der Waals surface area contributed by atoms with Crippen LogP contribution in [-0.4, -0.2) is 9.76 Å². The first-order chi connectivity index (χ1) is 10.0. The van der Waals surface area contributed by atoms with Gasteiger partial charge in [-0.15, -0.1) is 0 Å². The summed E-state index contributed by atoms with van der Waals surface area (Å²) >= 11 is 0. The molecule has 0 spiro atoms. The van der Waals surface area contributed by atoms with Crippen LogP contribution in [0.3, 0.4) is 0 Å². The van der Waals surface area contributed by atoms with Gasteiger partial charge in [0.25, 0.3) is 0 Å². The third-order valence-corrected chi connectivity index (χ3v) is 4.27. The summed E-state index contributed by atoms with van der Waals surface area (Å²) in [7, 11) is -0.644. The van der Waals surface area contributed by atoms with Gasteiger partial charge in [0.1, 0.15) is 6.10 Å². The minimum atomic E-state index is -0.644. The molecule has 2 aromatic carbocycles. The second kappa shape index (κ2) is 7.26. The van der Waals surface area contributed by atoms with Gasteiger partial charge in [-0.3, -0.25) is 0 Å². The predicted octanol–water partition coefficient (Wildman–Crippen LogP) is 4.10. The first-order valence-corrected chi connectivity index (χ1v) is 8.56. The van der Waals surface area contributed by atoms with E-state index in [4.69, 9.17) is 4.43 Å². The van der Waals surface area contributed by atoms with E-state index in [1.54, 1.807) is 0 Å². The Morgan fingerprint density at radius 1 is 0.905 bits per heavy atom. The van der Waals surface area contributed by atoms with Crippen LogP contribution in [-0.2, 0) is 4.43 Å². The van der Waals surface area contributed by atoms with Crippen molar-refractivity contribution in [3.05, 3.63) is 71.8 Å². The van der Waals surface area contributed by atoms with Gasteiger partial charge in [-0.1, -0.05) is 81.1 Å². The number of benzene rings is 2. The highest BCUT2D eigenvalue weighted by atomic mass is 28.2. The highest BCUT2D eigenvalue weighted by Crippen LogP contribution is 2.24. The lowest BCUT2D eigenvalue weighted by Gasteiger charge is -2.21. The van der Waals surface area contributed by atoms with E-state index in [0.717, 1.165) is 11.1 Å². The van der Waals surface area contributed by atoms with Crippen molar-refractivity contribution in [1.82, 2.24) is 0 Å². The van der Waals surface area contributed by atoms with Crippen molar-refractivity contribution in [3.8, 4) is 11.8 Å². The monoisotopic (exact) mass is 294 g/mol. The smallest absolute Gasteiger partial charge is 0.169 e. The lowest BCUT2D eigenvalue weighted by Crippen LogP contribution is -2.15. The van der Waals surface area contributed by atoms with Crippen molar-refractivity contribution < 1.29 is 4.43 Å². The maximum absolute atomic E-state index is 6.18. The Morgan fingerprint density at radius 3 is 2.05 bits per heavy atom. The molecule has 0 radical (unpaired) electrons. The van der Waals surface area contributed by atoms with Gasteiger partial charge in [0, 0.05) is 5.56 Å². The van der Waals surface area contributed by atoms with E-state index in [9.17, 15) is 0 Å². The first kappa shape index (κ1) is 15.6. The lowest BCUT2D eigenvalue weighted by molar-refractivity contribution is 0.268. The topological polar surface area (TPSA) is 9.23 Å². The summed E-state index contributed by atoms with van der Waals surface area (Å²) in [5, 5.41) is 0.265. The maximum atomic E-state index is 6.18. The van der Waals surface area contributed by atoms with Crippen molar-refractivity contribution in [2.75, 3.05) is 0 Å². The van der Waals surface area contributed by atoms with Crippen molar-refractivity contribution >= 4 is 9.76 Å². The Bertz CT molecular complexity index is 603. The molecular formula is C19H22OSi. The highest BCUT2D eigenvalue weighted by molar-refractivity contribution is 6.31. The van der Waals surface area contributed by atoms with Gasteiger partial charge in [0.05, 0.1) is 0 Å². The third-order valence-electron chi connectivity index (χ3n) is 2.91. The molecule has 0 bridgehead atoms. The van der Waals surface area contributed by atoms with Crippen LogP contribution in [0.5, 0.6) is 0 Å². The second-order valence-corrected chi connectivity index (χ2v) is 9.04. The fourth-order valence-electron chi connectivity index (χ4n) is 1.85. The molecule has 2 rings (SSSR count). The molecule has 2 aromatic rings. The minimum absolute atomic E-state index is 0.128. The molecule has 0 aliphatic rings. The van der Waals surface area contributed by atoms with E-state index in [2.05, 4.69) is 44.7 Å². The molecule has 2 heteroatoms. The van der Waals surface area contributed by atoms with Gasteiger partial charge >= 0.3 is 0 Å². The van der Waals surface area contributed by atoms with Crippen molar-refractivity contribution in [3.63, 3.8) is 0 Å². The molecular weight excluding hydrogens is 272 g/mol. The third kappa shape index (κ3) is 5.59. The molecule has 0 saturated heterocycles. The van der Waals surface area contributed by atoms with Gasteiger partial charge in [-0.05, 0) is 22.7 Å². The van der Waals surface area contributed by atoms with Crippen LogP contribution in [0, 0.1) is 11.8 Å². The summed E-state index contributed by atoms with van der Waals surface area (Å²) in [4.78, 5) is 0. The van der Waals surface area contributed by atoms with E-state index >= 15 is 0 Å². The zero-order valence-electron chi connectivity index (χ0n) is 13.0. The summed E-state index contributed by atoms with van der Waals surface area (Å²) in [5.74, 6) is 6.51. The molecule has 108 valence electrons. The molecule has 0 heterocycles. The van der Waals surface area contributed by atoms with Crippen LogP contribution in [0.25, 0.3) is 0 Å². The van der Waals surface area contributed by atoms with Gasteiger partial charge in [0.15, 0.2) is 9.76 Å². The number of hydrogen-bond donors (Lipinski definition) is 0. The molecule has 0 aromatic heterocycles. The lowest BCUT2D eigenvalue weighted by atomic mass is 10.1. The fourth-order valence-corrected chi connectivity index (χ4v) is 2.80. The van der Waals surface area contributed by atoms with Crippen LogP contribution >= 0.6 is 0 Å². The maximum Gasteiger partial charge on any atom is 0.169 e. The molecule has 1 nitrogen and oxygen atoms in total. The second-order valence-electron chi connectivity index (χ2n) is 6.30. The quantitative estimate of drug-likeness (QED) is 0.612. The van der Waals surface area contributed by atoms with E-state index in [-0.39, 0.29) is 11.1 Å². The average Bonchev–Trinajstić information content (AvgIpc) is 2.48. The zero-order chi connectivity index (χ0) is 15.1. The van der Waals surface area contributed by atoms with E-state index < -0.39 is 9.76 Å². The number of hydrogen-bond acceptors (Lipinski definition) is 1. The fraction of sp³-hybridized carbons (Fsp3) is 0.263. The standard InChI is InChI=1S/C19H22OSi/c1-19(2,3)21-20-18(17-12-8-5-9-13-17)15-14-16-10-6-4-7-11-16/h4-13,18H,21H2,1-3H3. The molecule has 0 N–H and O–H groups in total. The zero-order valence-corrected chi connectivity index (χ0v) is 14.4. The summed E-state index contributed by atoms with van der Waals surface area (Å²) in [6.45, 7) is 6.68. The Hall–Kier alpha value is -1.82. The summed E-state index contributed by atoms with van der Waals surface area (Å²) < 4.78 is 6.18. The number of rotatable bonds is 3. The molecule has 1 unspecified atom stereocenters. The molecule has 21 heavy (non-hydrogen) atoms. The predicted molar refractivity (Wildman–Crippen MR) is 91.8 cm³/mol. The molecule has 1 atom stereocenters. The van der Waals surface area contributed by atoms with Crippen LogP contribution in [0.2, 0.25) is 5.04 Å². The van der Waals surface area contributed by atoms with Crippen LogP contribution in [0.15, 0.2) is 60.7 Å². The van der Waals surface area contributed by atoms with Crippen LogP contribution < -0.4 is 0 Å².